The second-order valence-corrected chi connectivity index (χ2v) is 4.85. The smallest absolute Gasteiger partial charge is 0.392 e. The molecule has 0 radical (unpaired) electrons. The van der Waals surface area contributed by atoms with Crippen LogP contribution < -0.4 is 10.1 Å². The molecule has 2 N–H and O–H groups in total. The molecule has 2 amide bonds. The van der Waals surface area contributed by atoms with Crippen LogP contribution in [0, 0.1) is 5.82 Å². The zero-order valence-corrected chi connectivity index (χ0v) is 12.7. The van der Waals surface area contributed by atoms with Crippen LogP contribution in [0.1, 0.15) is 12.8 Å². The van der Waals surface area contributed by atoms with Gasteiger partial charge in [0, 0.05) is 19.7 Å². The molecule has 0 spiro atoms. The van der Waals surface area contributed by atoms with Crippen molar-refractivity contribution in [3.05, 3.63) is 24.0 Å². The molecule has 0 aliphatic carbocycles. The molecule has 0 saturated heterocycles. The van der Waals surface area contributed by atoms with Crippen LogP contribution in [-0.2, 0) is 4.79 Å². The zero-order chi connectivity index (χ0) is 18.3. The van der Waals surface area contributed by atoms with Crippen molar-refractivity contribution in [2.24, 2.45) is 0 Å². The largest absolute Gasteiger partial charge is 0.491 e. The molecule has 1 rings (SSSR count). The van der Waals surface area contributed by atoms with Crippen molar-refractivity contribution in [1.82, 2.24) is 4.90 Å². The molecule has 0 fully saturated rings. The first-order valence-electron chi connectivity index (χ1n) is 6.81. The van der Waals surface area contributed by atoms with Gasteiger partial charge < -0.3 is 20.1 Å². The lowest BCUT2D eigenvalue weighted by molar-refractivity contribution is -0.139. The van der Waals surface area contributed by atoms with Gasteiger partial charge in [0.1, 0.15) is 11.6 Å². The molecule has 0 aliphatic rings. The number of benzene rings is 1. The number of ether oxygens (including phenoxy) is 1. The Bertz CT molecular complexity index is 593. The van der Waals surface area contributed by atoms with Gasteiger partial charge in [-0.15, -0.1) is 0 Å². The molecule has 1 aromatic carbocycles. The van der Waals surface area contributed by atoms with Gasteiger partial charge in [-0.2, -0.15) is 13.2 Å². The standard InChI is InChI=1S/C14H16F4N2O4/c1-20(6-4-12(21)22)13(23)19-10-3-2-9(15)8-11(10)24-7-5-14(16,17)18/h2-3,8H,4-7H2,1H3,(H,19,23)(H,21,22). The first-order chi connectivity index (χ1) is 11.1. The highest BCUT2D eigenvalue weighted by Crippen LogP contribution is 2.27. The number of hydrogen-bond acceptors (Lipinski definition) is 3. The number of rotatable bonds is 7. The van der Waals surface area contributed by atoms with Crippen molar-refractivity contribution in [2.75, 3.05) is 25.5 Å². The molecule has 0 unspecified atom stereocenters. The Labute approximate surface area is 135 Å². The monoisotopic (exact) mass is 352 g/mol. The van der Waals surface area contributed by atoms with Gasteiger partial charge in [-0.25, -0.2) is 9.18 Å². The minimum absolute atomic E-state index is 0.0225. The average molecular weight is 352 g/mol. The van der Waals surface area contributed by atoms with E-state index in [0.29, 0.717) is 0 Å². The summed E-state index contributed by atoms with van der Waals surface area (Å²) in [6.07, 6.45) is -5.93. The summed E-state index contributed by atoms with van der Waals surface area (Å²) in [4.78, 5) is 23.4. The summed E-state index contributed by atoms with van der Waals surface area (Å²) in [6.45, 7) is -0.808. The Balaban J connectivity index is 2.72. The Morgan fingerprint density at radius 3 is 2.58 bits per heavy atom. The maximum Gasteiger partial charge on any atom is 0.392 e. The van der Waals surface area contributed by atoms with E-state index in [2.05, 4.69) is 5.32 Å². The molecule has 0 saturated carbocycles. The Morgan fingerprint density at radius 1 is 1.33 bits per heavy atom. The highest BCUT2D eigenvalue weighted by molar-refractivity contribution is 5.91. The van der Waals surface area contributed by atoms with Gasteiger partial charge in [0.25, 0.3) is 0 Å². The predicted molar refractivity (Wildman–Crippen MR) is 76.5 cm³/mol. The van der Waals surface area contributed by atoms with Gasteiger partial charge in [0.05, 0.1) is 25.1 Å². The van der Waals surface area contributed by atoms with E-state index in [0.717, 1.165) is 23.1 Å². The third kappa shape index (κ3) is 7.16. The van der Waals surface area contributed by atoms with Crippen molar-refractivity contribution in [3.63, 3.8) is 0 Å². The molecule has 1 aromatic rings. The van der Waals surface area contributed by atoms with E-state index in [-0.39, 0.29) is 24.4 Å². The fraction of sp³-hybridized carbons (Fsp3) is 0.429. The lowest BCUT2D eigenvalue weighted by Gasteiger charge is -2.19. The number of aliphatic carboxylic acids is 1. The van der Waals surface area contributed by atoms with Crippen LogP contribution in [0.4, 0.5) is 28.0 Å². The molecule has 0 heterocycles. The summed E-state index contributed by atoms with van der Waals surface area (Å²) in [6, 6.07) is 2.29. The Kier molecular flexibility index (Phi) is 6.81. The summed E-state index contributed by atoms with van der Waals surface area (Å²) in [5.74, 6) is -2.08. The number of alkyl halides is 3. The van der Waals surface area contributed by atoms with E-state index in [1.807, 2.05) is 0 Å². The molecule has 134 valence electrons. The van der Waals surface area contributed by atoms with E-state index < -0.39 is 37.0 Å². The summed E-state index contributed by atoms with van der Waals surface area (Å²) >= 11 is 0. The summed E-state index contributed by atoms with van der Waals surface area (Å²) in [5, 5.41) is 10.9. The third-order valence-corrected chi connectivity index (χ3v) is 2.84. The average Bonchev–Trinajstić information content (AvgIpc) is 2.45. The number of hydrogen-bond donors (Lipinski definition) is 2. The van der Waals surface area contributed by atoms with Crippen LogP contribution in [0.2, 0.25) is 0 Å². The Morgan fingerprint density at radius 2 is 2.00 bits per heavy atom. The van der Waals surface area contributed by atoms with E-state index in [9.17, 15) is 27.2 Å². The van der Waals surface area contributed by atoms with Gasteiger partial charge in [-0.05, 0) is 12.1 Å². The van der Waals surface area contributed by atoms with E-state index in [4.69, 9.17) is 9.84 Å². The maximum absolute atomic E-state index is 13.2. The van der Waals surface area contributed by atoms with Crippen LogP contribution in [0.3, 0.4) is 0 Å². The first-order valence-corrected chi connectivity index (χ1v) is 6.81. The number of carbonyl (C=O) groups is 2. The molecule has 24 heavy (non-hydrogen) atoms. The lowest BCUT2D eigenvalue weighted by Crippen LogP contribution is -2.33. The molecule has 0 aliphatic heterocycles. The number of carboxylic acids is 1. The van der Waals surface area contributed by atoms with Gasteiger partial charge in [0.2, 0.25) is 0 Å². The topological polar surface area (TPSA) is 78.9 Å². The van der Waals surface area contributed by atoms with Crippen molar-refractivity contribution >= 4 is 17.7 Å². The van der Waals surface area contributed by atoms with Crippen molar-refractivity contribution in [3.8, 4) is 5.75 Å². The predicted octanol–water partition coefficient (Wildman–Crippen LogP) is 3.10. The quantitative estimate of drug-likeness (QED) is 0.739. The fourth-order valence-electron chi connectivity index (χ4n) is 1.57. The minimum Gasteiger partial charge on any atom is -0.491 e. The van der Waals surface area contributed by atoms with Crippen molar-refractivity contribution in [1.29, 1.82) is 0 Å². The van der Waals surface area contributed by atoms with E-state index in [1.54, 1.807) is 0 Å². The molecule has 0 bridgehead atoms. The highest BCUT2D eigenvalue weighted by atomic mass is 19.4. The number of nitrogens with one attached hydrogen (secondary N) is 1. The van der Waals surface area contributed by atoms with Crippen LogP contribution in [0.5, 0.6) is 5.75 Å². The molecule has 0 atom stereocenters. The van der Waals surface area contributed by atoms with Crippen LogP contribution in [0.15, 0.2) is 18.2 Å². The van der Waals surface area contributed by atoms with E-state index >= 15 is 0 Å². The third-order valence-electron chi connectivity index (χ3n) is 2.84. The number of urea groups is 1. The van der Waals surface area contributed by atoms with Crippen molar-refractivity contribution < 1.29 is 37.0 Å². The lowest BCUT2D eigenvalue weighted by atomic mass is 10.3. The summed E-state index contributed by atoms with van der Waals surface area (Å²) < 4.78 is 54.5. The number of halogens is 4. The molecule has 6 nitrogen and oxygen atoms in total. The summed E-state index contributed by atoms with van der Waals surface area (Å²) in [7, 11) is 1.34. The van der Waals surface area contributed by atoms with Crippen LogP contribution in [0.25, 0.3) is 0 Å². The molecular weight excluding hydrogens is 336 g/mol. The second kappa shape index (κ2) is 8.37. The first kappa shape index (κ1) is 19.5. The molecule has 0 aromatic heterocycles. The van der Waals surface area contributed by atoms with Gasteiger partial charge in [-0.1, -0.05) is 0 Å². The number of anilines is 1. The Hall–Kier alpha value is -2.52. The number of carboxylic acid groups (broad SMARTS) is 1. The van der Waals surface area contributed by atoms with Crippen LogP contribution in [-0.4, -0.2) is 48.4 Å². The van der Waals surface area contributed by atoms with Gasteiger partial charge >= 0.3 is 18.2 Å². The normalized spacial score (nSPS) is 11.0. The maximum atomic E-state index is 13.2. The van der Waals surface area contributed by atoms with Gasteiger partial charge in [-0.3, -0.25) is 4.79 Å². The van der Waals surface area contributed by atoms with Gasteiger partial charge in [0.15, 0.2) is 0 Å². The fourth-order valence-corrected chi connectivity index (χ4v) is 1.57. The number of amides is 2. The molecule has 10 heteroatoms. The number of carbonyl (C=O) groups excluding carboxylic acids is 1. The minimum atomic E-state index is -4.42. The number of nitrogens with zero attached hydrogens (tertiary/aromatic N) is 1. The highest BCUT2D eigenvalue weighted by Gasteiger charge is 2.27. The second-order valence-electron chi connectivity index (χ2n) is 4.85. The summed E-state index contributed by atoms with van der Waals surface area (Å²) in [5.41, 5.74) is -0.0225. The van der Waals surface area contributed by atoms with Crippen LogP contribution >= 0.6 is 0 Å². The SMILES string of the molecule is CN(CCC(=O)O)C(=O)Nc1ccc(F)cc1OCCC(F)(F)F. The van der Waals surface area contributed by atoms with E-state index in [1.165, 1.54) is 7.05 Å². The zero-order valence-electron chi connectivity index (χ0n) is 12.7. The molecular formula is C14H16F4N2O4. The van der Waals surface area contributed by atoms with Crippen molar-refractivity contribution in [2.45, 2.75) is 19.0 Å².